The zero-order valence-corrected chi connectivity index (χ0v) is 44.2. The summed E-state index contributed by atoms with van der Waals surface area (Å²) in [7, 11) is 1.57. The van der Waals surface area contributed by atoms with Gasteiger partial charge < -0.3 is 19.8 Å². The van der Waals surface area contributed by atoms with Gasteiger partial charge in [-0.2, -0.15) is 0 Å². The highest BCUT2D eigenvalue weighted by atomic mass is 31.2. The Hall–Kier alpha value is -1.02. The number of amides is 1. The van der Waals surface area contributed by atoms with E-state index in [1.54, 1.807) is 6.08 Å². The number of likely N-dealkylation sites (N-methyl/N-ethyl adjacent to an activating group) is 1. The van der Waals surface area contributed by atoms with Gasteiger partial charge in [0.15, 0.2) is 0 Å². The van der Waals surface area contributed by atoms with Crippen molar-refractivity contribution >= 4 is 13.7 Å². The molecule has 0 aromatic carbocycles. The molecule has 0 saturated heterocycles. The van der Waals surface area contributed by atoms with Gasteiger partial charge in [0.2, 0.25) is 5.91 Å². The summed E-state index contributed by atoms with van der Waals surface area (Å²) in [5, 5.41) is 13.9. The van der Waals surface area contributed by atoms with E-state index in [-0.39, 0.29) is 19.1 Å². The molecule has 0 spiro atoms. The molecule has 0 aliphatic carbocycles. The number of phosphoric ester groups is 1. The number of nitrogens with one attached hydrogen (secondary N) is 1. The van der Waals surface area contributed by atoms with Crippen molar-refractivity contribution in [1.29, 1.82) is 0 Å². The van der Waals surface area contributed by atoms with Gasteiger partial charge in [0.05, 0.1) is 39.9 Å². The van der Waals surface area contributed by atoms with Crippen molar-refractivity contribution < 1.29 is 32.9 Å². The molecule has 64 heavy (non-hydrogen) atoms. The normalized spacial score (nSPS) is 14.2. The van der Waals surface area contributed by atoms with Crippen LogP contribution in [0.25, 0.3) is 0 Å². The van der Waals surface area contributed by atoms with Gasteiger partial charge in [-0.3, -0.25) is 13.8 Å². The van der Waals surface area contributed by atoms with E-state index in [2.05, 4.69) is 31.3 Å². The predicted molar refractivity (Wildman–Crippen MR) is 277 cm³/mol. The zero-order valence-electron chi connectivity index (χ0n) is 43.3. The van der Waals surface area contributed by atoms with Crippen LogP contribution in [0.1, 0.15) is 271 Å². The standard InChI is InChI=1S/C55H109N2O6P/c1-6-8-10-12-14-16-18-20-22-24-26-28-29-31-33-35-37-39-41-43-45-47-49-55(59)56-53(52-63-64(60,61)62-51-50-57(3,4)5)54(58)48-46-44-42-40-38-36-34-32-30-27-25-23-21-19-17-15-13-11-9-7-2/h38,40,46,48,53-54,58H,6-37,39,41-45,47,49-52H2,1-5H3,(H-,56,59,60,61)/p+1/b40-38+,48-46+. The first-order valence-electron chi connectivity index (χ1n) is 27.7. The van der Waals surface area contributed by atoms with E-state index < -0.39 is 20.0 Å². The number of nitrogens with zero attached hydrogens (tertiary/aromatic N) is 1. The molecule has 0 heterocycles. The van der Waals surface area contributed by atoms with Crippen molar-refractivity contribution in [3.63, 3.8) is 0 Å². The smallest absolute Gasteiger partial charge is 0.387 e. The molecule has 0 fully saturated rings. The topological polar surface area (TPSA) is 105 Å². The van der Waals surface area contributed by atoms with Gasteiger partial charge in [0, 0.05) is 6.42 Å². The lowest BCUT2D eigenvalue weighted by atomic mass is 10.0. The molecular weight excluding hydrogens is 816 g/mol. The molecule has 8 nitrogen and oxygen atoms in total. The third kappa shape index (κ3) is 48.9. The molecule has 0 aliphatic heterocycles. The average Bonchev–Trinajstić information content (AvgIpc) is 3.25. The molecule has 0 aromatic rings. The number of aliphatic hydroxyl groups excluding tert-OH is 1. The van der Waals surface area contributed by atoms with E-state index in [1.807, 2.05) is 27.2 Å². The quantitative estimate of drug-likeness (QED) is 0.0243. The van der Waals surface area contributed by atoms with Crippen LogP contribution in [0.3, 0.4) is 0 Å². The molecule has 0 rings (SSSR count). The van der Waals surface area contributed by atoms with E-state index in [0.717, 1.165) is 38.5 Å². The Morgan fingerprint density at radius 2 is 0.859 bits per heavy atom. The molecule has 1 amide bonds. The van der Waals surface area contributed by atoms with Crippen LogP contribution in [-0.4, -0.2) is 73.4 Å². The van der Waals surface area contributed by atoms with E-state index in [0.29, 0.717) is 17.4 Å². The molecule has 3 unspecified atom stereocenters. The van der Waals surface area contributed by atoms with Gasteiger partial charge in [0.25, 0.3) is 0 Å². The predicted octanol–water partition coefficient (Wildman–Crippen LogP) is 16.4. The number of hydrogen-bond acceptors (Lipinski definition) is 5. The van der Waals surface area contributed by atoms with Crippen LogP contribution in [0.2, 0.25) is 0 Å². The second-order valence-electron chi connectivity index (χ2n) is 20.3. The van der Waals surface area contributed by atoms with Crippen LogP contribution in [0, 0.1) is 0 Å². The van der Waals surface area contributed by atoms with Crippen molar-refractivity contribution in [2.45, 2.75) is 283 Å². The number of carbonyl (C=O) groups is 1. The number of quaternary nitrogens is 1. The van der Waals surface area contributed by atoms with Gasteiger partial charge in [0.1, 0.15) is 13.2 Å². The molecule has 0 saturated carbocycles. The number of hydrogen-bond donors (Lipinski definition) is 3. The van der Waals surface area contributed by atoms with Gasteiger partial charge in [-0.15, -0.1) is 0 Å². The van der Waals surface area contributed by atoms with Crippen molar-refractivity contribution in [1.82, 2.24) is 5.32 Å². The Balaban J connectivity index is 4.26. The summed E-state index contributed by atoms with van der Waals surface area (Å²) in [6.45, 7) is 4.84. The first-order valence-corrected chi connectivity index (χ1v) is 29.2. The maximum atomic E-state index is 13.0. The molecule has 0 radical (unpaired) electrons. The molecule has 3 atom stereocenters. The van der Waals surface area contributed by atoms with Crippen LogP contribution in [-0.2, 0) is 18.4 Å². The summed E-state index contributed by atoms with van der Waals surface area (Å²) >= 11 is 0. The van der Waals surface area contributed by atoms with Crippen LogP contribution >= 0.6 is 7.82 Å². The van der Waals surface area contributed by atoms with Crippen molar-refractivity contribution in [3.05, 3.63) is 24.3 Å². The summed E-state index contributed by atoms with van der Waals surface area (Å²) in [6.07, 6.45) is 58.4. The van der Waals surface area contributed by atoms with Crippen molar-refractivity contribution in [2.24, 2.45) is 0 Å². The minimum atomic E-state index is -4.35. The molecule has 380 valence electrons. The summed E-state index contributed by atoms with van der Waals surface area (Å²) in [4.78, 5) is 23.3. The second-order valence-corrected chi connectivity index (χ2v) is 21.8. The second kappa shape index (κ2) is 47.1. The van der Waals surface area contributed by atoms with E-state index in [9.17, 15) is 19.4 Å². The zero-order chi connectivity index (χ0) is 47.1. The van der Waals surface area contributed by atoms with Gasteiger partial charge in [-0.1, -0.05) is 256 Å². The molecule has 3 N–H and O–H groups in total. The summed E-state index contributed by atoms with van der Waals surface area (Å²) in [5.74, 6) is -0.181. The molecular formula is C55H110N2O6P+. The highest BCUT2D eigenvalue weighted by Gasteiger charge is 2.27. The third-order valence-electron chi connectivity index (χ3n) is 12.7. The number of rotatable bonds is 51. The number of allylic oxidation sites excluding steroid dienone is 3. The SMILES string of the molecule is CCCCCCCCCCCCCCCC/C=C/CC/C=C/C(O)C(COP(=O)(O)OCC[N+](C)(C)C)NC(=O)CCCCCCCCCCCCCCCCCCCCCCCC. The third-order valence-corrected chi connectivity index (χ3v) is 13.7. The number of carbonyl (C=O) groups excluding carboxylic acids is 1. The Kier molecular flexibility index (Phi) is 46.3. The lowest BCUT2D eigenvalue weighted by Gasteiger charge is -2.25. The highest BCUT2D eigenvalue weighted by Crippen LogP contribution is 2.43. The van der Waals surface area contributed by atoms with Gasteiger partial charge in [-0.25, -0.2) is 4.57 Å². The van der Waals surface area contributed by atoms with Crippen molar-refractivity contribution in [3.8, 4) is 0 Å². The maximum absolute atomic E-state index is 13.0. The van der Waals surface area contributed by atoms with Gasteiger partial charge >= 0.3 is 7.82 Å². The lowest BCUT2D eigenvalue weighted by Crippen LogP contribution is -2.45. The van der Waals surface area contributed by atoms with E-state index in [4.69, 9.17) is 9.05 Å². The highest BCUT2D eigenvalue weighted by molar-refractivity contribution is 7.47. The molecule has 9 heteroatoms. The van der Waals surface area contributed by atoms with Crippen molar-refractivity contribution in [2.75, 3.05) is 40.9 Å². The number of phosphoric acid groups is 1. The van der Waals surface area contributed by atoms with Gasteiger partial charge in [-0.05, 0) is 32.1 Å². The monoisotopic (exact) mass is 926 g/mol. The Bertz CT molecular complexity index is 1090. The fourth-order valence-corrected chi connectivity index (χ4v) is 9.03. The Morgan fingerprint density at radius 3 is 1.25 bits per heavy atom. The minimum absolute atomic E-state index is 0.0587. The fraction of sp³-hybridized carbons (Fsp3) is 0.909. The summed E-state index contributed by atoms with van der Waals surface area (Å²) < 4.78 is 23.7. The minimum Gasteiger partial charge on any atom is -0.387 e. The molecule has 0 aromatic heterocycles. The largest absolute Gasteiger partial charge is 0.472 e. The van der Waals surface area contributed by atoms with E-state index >= 15 is 0 Å². The van der Waals surface area contributed by atoms with Crippen LogP contribution in [0.5, 0.6) is 0 Å². The molecule has 0 aliphatic rings. The summed E-state index contributed by atoms with van der Waals surface area (Å²) in [6, 6.07) is -0.859. The van der Waals surface area contributed by atoms with E-state index in [1.165, 1.54) is 212 Å². The van der Waals surface area contributed by atoms with Crippen LogP contribution < -0.4 is 5.32 Å². The molecule has 0 bridgehead atoms. The fourth-order valence-electron chi connectivity index (χ4n) is 8.30. The maximum Gasteiger partial charge on any atom is 0.472 e. The van der Waals surface area contributed by atoms with Crippen LogP contribution in [0.4, 0.5) is 0 Å². The Labute approximate surface area is 398 Å². The average molecular weight is 926 g/mol. The van der Waals surface area contributed by atoms with Crippen LogP contribution in [0.15, 0.2) is 24.3 Å². The number of unbranched alkanes of at least 4 members (excludes halogenated alkanes) is 36. The summed E-state index contributed by atoms with van der Waals surface area (Å²) in [5.41, 5.74) is 0. The number of aliphatic hydroxyl groups is 1. The first-order chi connectivity index (χ1) is 31.0. The lowest BCUT2D eigenvalue weighted by molar-refractivity contribution is -0.870. The first kappa shape index (κ1) is 63.0. The Morgan fingerprint density at radius 1 is 0.516 bits per heavy atom.